The predicted molar refractivity (Wildman–Crippen MR) is 150 cm³/mol. The van der Waals surface area contributed by atoms with Gasteiger partial charge in [-0.15, -0.1) is 0 Å². The number of ether oxygens (including phenoxy) is 3. The molecule has 1 amide bonds. The normalized spacial score (nSPS) is 23.0. The van der Waals surface area contributed by atoms with Crippen LogP contribution in [0.3, 0.4) is 0 Å². The minimum absolute atomic E-state index is 0.0975. The van der Waals surface area contributed by atoms with Crippen LogP contribution in [0.25, 0.3) is 0 Å². The first kappa shape index (κ1) is 37.7. The molecule has 42 heavy (non-hydrogen) atoms. The summed E-state index contributed by atoms with van der Waals surface area (Å²) in [5.41, 5.74) is 0. The van der Waals surface area contributed by atoms with E-state index in [0.717, 1.165) is 70.6 Å². The highest BCUT2D eigenvalue weighted by atomic mass is 16.7. The van der Waals surface area contributed by atoms with Crippen LogP contribution >= 0.6 is 0 Å². The van der Waals surface area contributed by atoms with Crippen molar-refractivity contribution in [3.8, 4) is 0 Å². The van der Waals surface area contributed by atoms with Gasteiger partial charge in [0.05, 0.1) is 18.9 Å². The first-order chi connectivity index (χ1) is 19.9. The van der Waals surface area contributed by atoms with Crippen LogP contribution in [0.1, 0.15) is 104 Å². The van der Waals surface area contributed by atoms with Crippen LogP contribution in [0.15, 0.2) is 0 Å². The first-order valence-electron chi connectivity index (χ1n) is 15.1. The van der Waals surface area contributed by atoms with Gasteiger partial charge in [0.15, 0.2) is 6.29 Å². The van der Waals surface area contributed by atoms with Gasteiger partial charge in [0.2, 0.25) is 5.91 Å². The van der Waals surface area contributed by atoms with E-state index in [2.05, 4.69) is 5.32 Å². The van der Waals surface area contributed by atoms with Crippen LogP contribution in [0, 0.1) is 5.92 Å². The van der Waals surface area contributed by atoms with Gasteiger partial charge in [-0.3, -0.25) is 19.2 Å². The summed E-state index contributed by atoms with van der Waals surface area (Å²) >= 11 is 0. The van der Waals surface area contributed by atoms with Crippen LogP contribution in [-0.2, 0) is 33.4 Å². The predicted octanol–water partition coefficient (Wildman–Crippen LogP) is 2.13. The quantitative estimate of drug-likeness (QED) is 0.0731. The first-order valence-corrected chi connectivity index (χ1v) is 15.1. The zero-order chi connectivity index (χ0) is 31.5. The van der Waals surface area contributed by atoms with Crippen molar-refractivity contribution in [2.75, 3.05) is 13.2 Å². The van der Waals surface area contributed by atoms with Crippen LogP contribution in [0.4, 0.5) is 0 Å². The fourth-order valence-corrected chi connectivity index (χ4v) is 4.66. The van der Waals surface area contributed by atoms with E-state index in [0.29, 0.717) is 6.42 Å². The molecule has 0 aromatic heterocycles. The molecule has 1 heterocycles. The highest BCUT2D eigenvalue weighted by Gasteiger charge is 2.45. The molecule has 1 aliphatic heterocycles. The molecule has 1 saturated heterocycles. The minimum Gasteiger partial charge on any atom is -0.481 e. The van der Waals surface area contributed by atoms with Crippen molar-refractivity contribution in [2.45, 2.75) is 141 Å². The third-order valence-electron chi connectivity index (χ3n) is 7.25. The second kappa shape index (κ2) is 21.4. The third-order valence-corrected chi connectivity index (χ3v) is 7.25. The van der Waals surface area contributed by atoms with Crippen LogP contribution in [-0.4, -0.2) is 99.3 Å². The molecule has 0 aromatic rings. The standard InChI is InChI=1S/C29H51NO12/c1-19(2)20(13-11-9-7-5-3-4-6-8-10-12-14-22(31)30-17-24(34)35)41-29-28(39)27(38)26(37)21(42-29)18-40-25(36)16-15-23(32)33/h19-21,26-29,37-39H,3-18H2,1-2H3,(H,30,31)(H,32,33)(H,34,35)/t20?,21-,26-,27+,28-,29-/m1/s1. The zero-order valence-corrected chi connectivity index (χ0v) is 24.9. The molecular formula is C29H51NO12. The molecule has 1 rings (SSSR count). The SMILES string of the molecule is CC(C)C(CCCCCCCCCCCCC(=O)NCC(=O)O)O[C@@H]1O[C@H](COC(=O)CCC(=O)O)[C@@H](O)[C@H](O)[C@H]1O. The number of rotatable bonds is 23. The summed E-state index contributed by atoms with van der Waals surface area (Å²) in [4.78, 5) is 44.2. The van der Waals surface area contributed by atoms with E-state index >= 15 is 0 Å². The van der Waals surface area contributed by atoms with Crippen LogP contribution < -0.4 is 5.32 Å². The number of carbonyl (C=O) groups excluding carboxylic acids is 2. The van der Waals surface area contributed by atoms with Crippen molar-refractivity contribution in [2.24, 2.45) is 5.92 Å². The topological polar surface area (TPSA) is 209 Å². The van der Waals surface area contributed by atoms with Gasteiger partial charge >= 0.3 is 17.9 Å². The highest BCUT2D eigenvalue weighted by molar-refractivity contribution is 5.81. The van der Waals surface area contributed by atoms with Gasteiger partial charge in [-0.25, -0.2) is 0 Å². The summed E-state index contributed by atoms with van der Waals surface area (Å²) in [6.07, 6.45) is 3.40. The summed E-state index contributed by atoms with van der Waals surface area (Å²) in [6, 6.07) is 0. The largest absolute Gasteiger partial charge is 0.481 e. The second-order valence-electron chi connectivity index (χ2n) is 11.3. The van der Waals surface area contributed by atoms with E-state index in [4.69, 9.17) is 24.4 Å². The Hall–Kier alpha value is -2.32. The summed E-state index contributed by atoms with van der Waals surface area (Å²) in [5.74, 6) is -3.08. The molecular weight excluding hydrogens is 554 g/mol. The van der Waals surface area contributed by atoms with Gasteiger partial charge in [0.25, 0.3) is 0 Å². The van der Waals surface area contributed by atoms with E-state index in [1.807, 2.05) is 13.8 Å². The van der Waals surface area contributed by atoms with E-state index in [1.165, 1.54) is 0 Å². The van der Waals surface area contributed by atoms with Gasteiger partial charge in [-0.05, 0) is 18.8 Å². The summed E-state index contributed by atoms with van der Waals surface area (Å²) in [7, 11) is 0. The van der Waals surface area contributed by atoms with E-state index in [1.54, 1.807) is 0 Å². The Kier molecular flexibility index (Phi) is 19.2. The molecule has 13 heteroatoms. The molecule has 244 valence electrons. The highest BCUT2D eigenvalue weighted by Crippen LogP contribution is 2.27. The molecule has 13 nitrogen and oxygen atoms in total. The lowest BCUT2D eigenvalue weighted by atomic mass is 9.97. The zero-order valence-electron chi connectivity index (χ0n) is 24.9. The summed E-state index contributed by atoms with van der Waals surface area (Å²) in [5, 5.41) is 50.6. The van der Waals surface area contributed by atoms with Crippen molar-refractivity contribution >= 4 is 23.8 Å². The maximum Gasteiger partial charge on any atom is 0.322 e. The van der Waals surface area contributed by atoms with Crippen molar-refractivity contribution in [3.63, 3.8) is 0 Å². The monoisotopic (exact) mass is 605 g/mol. The number of aliphatic hydroxyl groups is 3. The number of aliphatic hydroxyl groups excluding tert-OH is 3. The van der Waals surface area contributed by atoms with Gasteiger partial charge in [-0.1, -0.05) is 71.6 Å². The number of amides is 1. The summed E-state index contributed by atoms with van der Waals surface area (Å²) in [6.45, 7) is 3.21. The number of carboxylic acids is 2. The van der Waals surface area contributed by atoms with Gasteiger partial charge in [0.1, 0.15) is 37.6 Å². The maximum atomic E-state index is 11.7. The minimum atomic E-state index is -1.57. The number of aliphatic carboxylic acids is 2. The van der Waals surface area contributed by atoms with Crippen molar-refractivity contribution in [1.82, 2.24) is 5.32 Å². The number of hydrogen-bond acceptors (Lipinski definition) is 10. The maximum absolute atomic E-state index is 11.7. The number of carboxylic acid groups (broad SMARTS) is 2. The van der Waals surface area contributed by atoms with Gasteiger partial charge < -0.3 is 45.1 Å². The molecule has 6 atom stereocenters. The van der Waals surface area contributed by atoms with Crippen molar-refractivity contribution in [1.29, 1.82) is 0 Å². The number of carbonyl (C=O) groups is 4. The van der Waals surface area contributed by atoms with Gasteiger partial charge in [-0.2, -0.15) is 0 Å². The van der Waals surface area contributed by atoms with Gasteiger partial charge in [0, 0.05) is 6.42 Å². The fraction of sp³-hybridized carbons (Fsp3) is 0.862. The Morgan fingerprint density at radius 3 is 1.86 bits per heavy atom. The van der Waals surface area contributed by atoms with Crippen molar-refractivity contribution in [3.05, 3.63) is 0 Å². The molecule has 0 aromatic carbocycles. The average molecular weight is 606 g/mol. The van der Waals surface area contributed by atoms with E-state index < -0.39 is 61.6 Å². The Balaban J connectivity index is 2.26. The molecule has 6 N–H and O–H groups in total. The summed E-state index contributed by atoms with van der Waals surface area (Å²) < 4.78 is 16.7. The van der Waals surface area contributed by atoms with E-state index in [9.17, 15) is 34.5 Å². The smallest absolute Gasteiger partial charge is 0.322 e. The van der Waals surface area contributed by atoms with Crippen LogP contribution in [0.5, 0.6) is 0 Å². The fourth-order valence-electron chi connectivity index (χ4n) is 4.66. The Morgan fingerprint density at radius 1 is 0.738 bits per heavy atom. The molecule has 1 unspecified atom stereocenters. The van der Waals surface area contributed by atoms with E-state index in [-0.39, 0.29) is 30.9 Å². The molecule has 0 radical (unpaired) electrons. The number of nitrogens with one attached hydrogen (secondary N) is 1. The number of esters is 1. The molecule has 0 spiro atoms. The lowest BCUT2D eigenvalue weighted by Gasteiger charge is -2.41. The lowest BCUT2D eigenvalue weighted by molar-refractivity contribution is -0.315. The van der Waals surface area contributed by atoms with Crippen LogP contribution in [0.2, 0.25) is 0 Å². The number of unbranched alkanes of at least 4 members (excludes halogenated alkanes) is 9. The number of hydrogen-bond donors (Lipinski definition) is 6. The Bertz CT molecular complexity index is 807. The van der Waals surface area contributed by atoms with Crippen molar-refractivity contribution < 1.29 is 58.9 Å². The Labute approximate surface area is 247 Å². The molecule has 0 saturated carbocycles. The molecule has 0 bridgehead atoms. The third kappa shape index (κ3) is 16.4. The second-order valence-corrected chi connectivity index (χ2v) is 11.3. The molecule has 1 fully saturated rings. The average Bonchev–Trinajstić information content (AvgIpc) is 2.93. The lowest BCUT2D eigenvalue weighted by Crippen LogP contribution is -2.60. The molecule has 0 aliphatic carbocycles. The molecule has 1 aliphatic rings. The Morgan fingerprint density at radius 2 is 1.31 bits per heavy atom.